The van der Waals surface area contributed by atoms with Crippen LogP contribution in [0.1, 0.15) is 32.0 Å². The maximum Gasteiger partial charge on any atom is 0.338 e. The number of nitrogens with one attached hydrogen (secondary N) is 1. The molecule has 0 saturated heterocycles. The molecular formula is C20H19N3O3. The molecule has 0 aliphatic rings. The molecule has 0 fully saturated rings. The van der Waals surface area contributed by atoms with Crippen LogP contribution in [0.2, 0.25) is 0 Å². The van der Waals surface area contributed by atoms with Crippen molar-refractivity contribution < 1.29 is 14.3 Å². The van der Waals surface area contributed by atoms with Crippen LogP contribution >= 0.6 is 0 Å². The molecule has 0 aliphatic heterocycles. The van der Waals surface area contributed by atoms with E-state index in [4.69, 9.17) is 4.74 Å². The minimum atomic E-state index is -0.438. The van der Waals surface area contributed by atoms with Crippen molar-refractivity contribution in [1.29, 1.82) is 0 Å². The first kappa shape index (κ1) is 17.4. The monoisotopic (exact) mass is 349 g/mol. The van der Waals surface area contributed by atoms with Gasteiger partial charge in [-0.15, -0.1) is 0 Å². The smallest absolute Gasteiger partial charge is 0.338 e. The number of carbonyl (C=O) groups is 2. The molecule has 26 heavy (non-hydrogen) atoms. The normalized spacial score (nSPS) is 10.4. The molecule has 3 rings (SSSR count). The van der Waals surface area contributed by atoms with Gasteiger partial charge in [0.15, 0.2) is 0 Å². The third-order valence-electron chi connectivity index (χ3n) is 4.24. The molecule has 0 bridgehead atoms. The van der Waals surface area contributed by atoms with Crippen LogP contribution in [0, 0.1) is 13.8 Å². The maximum absolute atomic E-state index is 12.7. The average Bonchev–Trinajstić information content (AvgIpc) is 3.05. The minimum absolute atomic E-state index is 0.283. The second kappa shape index (κ2) is 7.23. The van der Waals surface area contributed by atoms with Crippen molar-refractivity contribution in [2.24, 2.45) is 0 Å². The van der Waals surface area contributed by atoms with Gasteiger partial charge in [0, 0.05) is 5.69 Å². The third-order valence-corrected chi connectivity index (χ3v) is 4.24. The molecule has 132 valence electrons. The first-order valence-electron chi connectivity index (χ1n) is 8.12. The molecule has 0 radical (unpaired) electrons. The standard InChI is InChI=1S/C20H19N3O3/c1-13-16(20(25)26-3)10-7-11-18(13)22-19(24)17-12-21-23(14(17)2)15-8-5-4-6-9-15/h4-12H,1-3H3,(H,22,24). The molecule has 6 nitrogen and oxygen atoms in total. The SMILES string of the molecule is COC(=O)c1cccc(NC(=O)c2cnn(-c3ccccc3)c2C)c1C. The largest absolute Gasteiger partial charge is 0.465 e. The highest BCUT2D eigenvalue weighted by atomic mass is 16.5. The number of aromatic nitrogens is 2. The van der Waals surface area contributed by atoms with Gasteiger partial charge in [-0.1, -0.05) is 24.3 Å². The summed E-state index contributed by atoms with van der Waals surface area (Å²) >= 11 is 0. The van der Waals surface area contributed by atoms with Crippen LogP contribution < -0.4 is 5.32 Å². The summed E-state index contributed by atoms with van der Waals surface area (Å²) in [5, 5.41) is 7.16. The first-order chi connectivity index (χ1) is 12.5. The number of amides is 1. The number of nitrogens with zero attached hydrogens (tertiary/aromatic N) is 2. The van der Waals surface area contributed by atoms with E-state index in [0.717, 1.165) is 11.4 Å². The fourth-order valence-electron chi connectivity index (χ4n) is 2.75. The molecule has 0 unspecified atom stereocenters. The summed E-state index contributed by atoms with van der Waals surface area (Å²) in [7, 11) is 1.33. The van der Waals surface area contributed by atoms with Gasteiger partial charge >= 0.3 is 5.97 Å². The van der Waals surface area contributed by atoms with E-state index >= 15 is 0 Å². The quantitative estimate of drug-likeness (QED) is 0.731. The molecular weight excluding hydrogens is 330 g/mol. The van der Waals surface area contributed by atoms with Crippen LogP contribution in [0.25, 0.3) is 5.69 Å². The summed E-state index contributed by atoms with van der Waals surface area (Å²) < 4.78 is 6.48. The highest BCUT2D eigenvalue weighted by molar-refractivity contribution is 6.06. The van der Waals surface area contributed by atoms with Crippen LogP contribution in [-0.2, 0) is 4.74 Å². The predicted octanol–water partition coefficient (Wildman–Crippen LogP) is 3.53. The van der Waals surface area contributed by atoms with Crippen molar-refractivity contribution in [2.75, 3.05) is 12.4 Å². The Balaban J connectivity index is 1.88. The molecule has 6 heteroatoms. The predicted molar refractivity (Wildman–Crippen MR) is 98.8 cm³/mol. The summed E-state index contributed by atoms with van der Waals surface area (Å²) in [6.45, 7) is 3.61. The lowest BCUT2D eigenvalue weighted by atomic mass is 10.1. The Morgan fingerprint density at radius 1 is 1.00 bits per heavy atom. The average molecular weight is 349 g/mol. The lowest BCUT2D eigenvalue weighted by Gasteiger charge is -2.11. The highest BCUT2D eigenvalue weighted by Crippen LogP contribution is 2.21. The molecule has 0 spiro atoms. The van der Waals surface area contributed by atoms with Gasteiger partial charge in [-0.2, -0.15) is 5.10 Å². The highest BCUT2D eigenvalue weighted by Gasteiger charge is 2.18. The Hall–Kier alpha value is -3.41. The van der Waals surface area contributed by atoms with E-state index in [1.807, 2.05) is 37.3 Å². The Morgan fingerprint density at radius 3 is 2.42 bits per heavy atom. The van der Waals surface area contributed by atoms with E-state index in [0.29, 0.717) is 22.4 Å². The number of carbonyl (C=O) groups excluding carboxylic acids is 2. The van der Waals surface area contributed by atoms with Gasteiger partial charge in [-0.3, -0.25) is 4.79 Å². The molecule has 1 amide bonds. The Bertz CT molecular complexity index is 962. The number of benzene rings is 2. The van der Waals surface area contributed by atoms with E-state index < -0.39 is 5.97 Å². The molecule has 0 atom stereocenters. The number of esters is 1. The summed E-state index contributed by atoms with van der Waals surface area (Å²) in [6.07, 6.45) is 1.54. The molecule has 1 N–H and O–H groups in total. The zero-order valence-corrected chi connectivity index (χ0v) is 14.8. The van der Waals surface area contributed by atoms with Crippen molar-refractivity contribution in [2.45, 2.75) is 13.8 Å². The molecule has 1 aromatic heterocycles. The summed E-state index contributed by atoms with van der Waals surface area (Å²) in [4.78, 5) is 24.5. The van der Waals surface area contributed by atoms with E-state index in [1.54, 1.807) is 29.8 Å². The van der Waals surface area contributed by atoms with Crippen LogP contribution in [0.3, 0.4) is 0 Å². The maximum atomic E-state index is 12.7. The van der Waals surface area contributed by atoms with Crippen molar-refractivity contribution in [1.82, 2.24) is 9.78 Å². The van der Waals surface area contributed by atoms with Crippen LogP contribution in [0.15, 0.2) is 54.7 Å². The fraction of sp³-hybridized carbons (Fsp3) is 0.150. The number of para-hydroxylation sites is 1. The topological polar surface area (TPSA) is 73.2 Å². The number of methoxy groups -OCH3 is 1. The molecule has 2 aromatic carbocycles. The van der Waals surface area contributed by atoms with Gasteiger partial charge < -0.3 is 10.1 Å². The second-order valence-corrected chi connectivity index (χ2v) is 5.81. The number of ether oxygens (including phenoxy) is 1. The Labute approximate surface area is 151 Å². The van der Waals surface area contributed by atoms with Crippen molar-refractivity contribution in [3.63, 3.8) is 0 Å². The lowest BCUT2D eigenvalue weighted by molar-refractivity contribution is 0.0599. The molecule has 1 heterocycles. The van der Waals surface area contributed by atoms with Gasteiger partial charge in [0.25, 0.3) is 5.91 Å². The van der Waals surface area contributed by atoms with E-state index in [-0.39, 0.29) is 5.91 Å². The van der Waals surface area contributed by atoms with Gasteiger partial charge in [-0.25, -0.2) is 9.48 Å². The number of hydrogen-bond acceptors (Lipinski definition) is 4. The molecule has 0 saturated carbocycles. The van der Waals surface area contributed by atoms with Crippen LogP contribution in [0.5, 0.6) is 0 Å². The summed E-state index contributed by atoms with van der Waals surface area (Å²) in [6, 6.07) is 14.7. The van der Waals surface area contributed by atoms with Crippen molar-refractivity contribution in [3.8, 4) is 5.69 Å². The van der Waals surface area contributed by atoms with E-state index in [2.05, 4.69) is 10.4 Å². The Kier molecular flexibility index (Phi) is 4.84. The van der Waals surface area contributed by atoms with Gasteiger partial charge in [-0.05, 0) is 43.7 Å². The van der Waals surface area contributed by atoms with E-state index in [1.165, 1.54) is 13.3 Å². The zero-order valence-electron chi connectivity index (χ0n) is 14.8. The van der Waals surface area contributed by atoms with Gasteiger partial charge in [0.1, 0.15) is 0 Å². The number of anilines is 1. The Morgan fingerprint density at radius 2 is 1.73 bits per heavy atom. The first-order valence-corrected chi connectivity index (χ1v) is 8.12. The minimum Gasteiger partial charge on any atom is -0.465 e. The van der Waals surface area contributed by atoms with Crippen molar-refractivity contribution in [3.05, 3.63) is 77.1 Å². The zero-order chi connectivity index (χ0) is 18.7. The van der Waals surface area contributed by atoms with Gasteiger partial charge in [0.05, 0.1) is 35.8 Å². The van der Waals surface area contributed by atoms with Crippen LogP contribution in [-0.4, -0.2) is 28.8 Å². The number of hydrogen-bond donors (Lipinski definition) is 1. The van der Waals surface area contributed by atoms with Gasteiger partial charge in [0.2, 0.25) is 0 Å². The summed E-state index contributed by atoms with van der Waals surface area (Å²) in [5.41, 5.74) is 3.72. The van der Waals surface area contributed by atoms with Crippen molar-refractivity contribution >= 4 is 17.6 Å². The molecule has 3 aromatic rings. The van der Waals surface area contributed by atoms with E-state index in [9.17, 15) is 9.59 Å². The number of rotatable bonds is 4. The lowest BCUT2D eigenvalue weighted by Crippen LogP contribution is -2.15. The fourth-order valence-corrected chi connectivity index (χ4v) is 2.75. The second-order valence-electron chi connectivity index (χ2n) is 5.81. The third kappa shape index (κ3) is 3.21. The summed E-state index contributed by atoms with van der Waals surface area (Å²) in [5.74, 6) is -0.721. The molecule has 0 aliphatic carbocycles. The van der Waals surface area contributed by atoms with Crippen LogP contribution in [0.4, 0.5) is 5.69 Å².